The molecule has 0 aromatic heterocycles. The summed E-state index contributed by atoms with van der Waals surface area (Å²) < 4.78 is 5.66. The number of nitrogens with one attached hydrogen (secondary N) is 1. The van der Waals surface area contributed by atoms with E-state index in [0.717, 1.165) is 44.3 Å². The van der Waals surface area contributed by atoms with Crippen LogP contribution in [0.15, 0.2) is 24.3 Å². The molecule has 3 N–H and O–H groups in total. The lowest BCUT2D eigenvalue weighted by atomic mass is 9.95. The summed E-state index contributed by atoms with van der Waals surface area (Å²) in [5, 5.41) is 23.6. The quantitative estimate of drug-likeness (QED) is 0.484. The largest absolute Gasteiger partial charge is 0.484 e. The van der Waals surface area contributed by atoms with Crippen molar-refractivity contribution in [2.45, 2.75) is 65.1 Å². The van der Waals surface area contributed by atoms with Gasteiger partial charge in [0.25, 0.3) is 5.91 Å². The number of nitrogens with zero attached hydrogens (tertiary/aromatic N) is 1. The zero-order valence-electron chi connectivity index (χ0n) is 18.8. The van der Waals surface area contributed by atoms with Crippen molar-refractivity contribution in [1.82, 2.24) is 10.2 Å². The molecule has 1 heterocycles. The highest BCUT2D eigenvalue weighted by atomic mass is 16.5. The van der Waals surface area contributed by atoms with Crippen molar-refractivity contribution < 1.29 is 19.7 Å². The van der Waals surface area contributed by atoms with Crippen molar-refractivity contribution in [3.05, 3.63) is 29.8 Å². The van der Waals surface area contributed by atoms with Crippen molar-refractivity contribution in [2.24, 2.45) is 11.8 Å². The standard InChI is InChI=1S/C24H40N2O4/c1-4-18(2)22(27)15-25-16-23(28)19(3)14-20-8-10-21(11-9-20)30-17-24(29)26-12-6-5-7-13-26/h8-11,18-19,22-23,25,27-28H,4-7,12-17H2,1-3H3/t18-,19-,22+,23+/m0/s1. The molecule has 6 nitrogen and oxygen atoms in total. The number of benzene rings is 1. The van der Waals surface area contributed by atoms with E-state index in [0.29, 0.717) is 18.8 Å². The average Bonchev–Trinajstić information content (AvgIpc) is 2.78. The summed E-state index contributed by atoms with van der Waals surface area (Å²) in [7, 11) is 0. The van der Waals surface area contributed by atoms with Crippen LogP contribution in [0.5, 0.6) is 5.75 Å². The van der Waals surface area contributed by atoms with E-state index in [1.165, 1.54) is 6.42 Å². The molecule has 0 unspecified atom stereocenters. The number of aliphatic hydroxyl groups excluding tert-OH is 2. The number of rotatable bonds is 12. The SMILES string of the molecule is CC[C@H](C)[C@H](O)CNC[C@@H](O)[C@@H](C)Cc1ccc(OCC(=O)N2CCCCC2)cc1. The third kappa shape index (κ3) is 8.25. The van der Waals surface area contributed by atoms with E-state index in [1.54, 1.807) is 0 Å². The van der Waals surface area contributed by atoms with Gasteiger partial charge in [0.15, 0.2) is 6.61 Å². The molecule has 1 fully saturated rings. The first-order valence-electron chi connectivity index (χ1n) is 11.5. The molecule has 30 heavy (non-hydrogen) atoms. The zero-order valence-corrected chi connectivity index (χ0v) is 18.8. The second-order valence-electron chi connectivity index (χ2n) is 8.73. The monoisotopic (exact) mass is 420 g/mol. The summed E-state index contributed by atoms with van der Waals surface area (Å²) in [5.41, 5.74) is 1.12. The number of hydrogen-bond acceptors (Lipinski definition) is 5. The van der Waals surface area contributed by atoms with Crippen LogP contribution in [0.25, 0.3) is 0 Å². The van der Waals surface area contributed by atoms with Crippen molar-refractivity contribution in [2.75, 3.05) is 32.8 Å². The number of carbonyl (C=O) groups excluding carboxylic acids is 1. The van der Waals surface area contributed by atoms with Gasteiger partial charge in [-0.3, -0.25) is 4.79 Å². The Morgan fingerprint density at radius 3 is 2.23 bits per heavy atom. The van der Waals surface area contributed by atoms with Crippen molar-refractivity contribution in [1.29, 1.82) is 0 Å². The lowest BCUT2D eigenvalue weighted by Gasteiger charge is -2.26. The van der Waals surface area contributed by atoms with Gasteiger partial charge in [-0.15, -0.1) is 0 Å². The Labute approximate surface area is 181 Å². The normalized spacial score (nSPS) is 18.5. The second-order valence-corrected chi connectivity index (χ2v) is 8.73. The first-order chi connectivity index (χ1) is 14.4. The maximum Gasteiger partial charge on any atom is 0.260 e. The molecule has 1 aromatic carbocycles. The Morgan fingerprint density at radius 1 is 1.03 bits per heavy atom. The Bertz CT molecular complexity index is 616. The minimum Gasteiger partial charge on any atom is -0.484 e. The summed E-state index contributed by atoms with van der Waals surface area (Å²) in [6, 6.07) is 7.76. The molecule has 1 aromatic rings. The van der Waals surface area contributed by atoms with E-state index in [1.807, 2.05) is 43.0 Å². The fraction of sp³-hybridized carbons (Fsp3) is 0.708. The highest BCUT2D eigenvalue weighted by Gasteiger charge is 2.18. The first-order valence-corrected chi connectivity index (χ1v) is 11.5. The van der Waals surface area contributed by atoms with E-state index in [4.69, 9.17) is 4.74 Å². The molecule has 1 aliphatic rings. The molecule has 1 aliphatic heterocycles. The van der Waals surface area contributed by atoms with Crippen molar-refractivity contribution in [3.8, 4) is 5.75 Å². The van der Waals surface area contributed by atoms with Crippen LogP contribution < -0.4 is 10.1 Å². The van der Waals surface area contributed by atoms with Gasteiger partial charge >= 0.3 is 0 Å². The van der Waals surface area contributed by atoms with Crippen LogP contribution in [0, 0.1) is 11.8 Å². The third-order valence-corrected chi connectivity index (χ3v) is 6.22. The number of hydrogen-bond donors (Lipinski definition) is 3. The van der Waals surface area contributed by atoms with Crippen LogP contribution in [-0.4, -0.2) is 66.0 Å². The number of amides is 1. The molecule has 2 rings (SSSR count). The van der Waals surface area contributed by atoms with Crippen molar-refractivity contribution >= 4 is 5.91 Å². The number of likely N-dealkylation sites (tertiary alicyclic amines) is 1. The number of aliphatic hydroxyl groups is 2. The van der Waals surface area contributed by atoms with Gasteiger partial charge in [0.2, 0.25) is 0 Å². The Balaban J connectivity index is 1.70. The summed E-state index contributed by atoms with van der Waals surface area (Å²) in [6.45, 7) is 8.85. The van der Waals surface area contributed by atoms with Crippen LogP contribution in [0.2, 0.25) is 0 Å². The van der Waals surface area contributed by atoms with Gasteiger partial charge in [-0.2, -0.15) is 0 Å². The molecule has 0 radical (unpaired) electrons. The Hall–Kier alpha value is -1.63. The van der Waals surface area contributed by atoms with Crippen molar-refractivity contribution in [3.63, 3.8) is 0 Å². The number of ether oxygens (including phenoxy) is 1. The molecule has 1 amide bonds. The maximum absolute atomic E-state index is 12.2. The highest BCUT2D eigenvalue weighted by molar-refractivity contribution is 5.77. The van der Waals surface area contributed by atoms with Crippen LogP contribution in [-0.2, 0) is 11.2 Å². The fourth-order valence-electron chi connectivity index (χ4n) is 3.66. The summed E-state index contributed by atoms with van der Waals surface area (Å²) in [6.07, 6.45) is 4.20. The highest BCUT2D eigenvalue weighted by Crippen LogP contribution is 2.17. The number of carbonyl (C=O) groups is 1. The van der Waals surface area contributed by atoms with E-state index in [-0.39, 0.29) is 30.5 Å². The third-order valence-electron chi connectivity index (χ3n) is 6.22. The number of piperidine rings is 1. The van der Waals surface area contributed by atoms with Gasteiger partial charge in [-0.1, -0.05) is 39.3 Å². The first kappa shape index (κ1) is 24.6. The molecule has 0 aliphatic carbocycles. The molecule has 1 saturated heterocycles. The van der Waals surface area contributed by atoms with E-state index in [9.17, 15) is 15.0 Å². The molecular formula is C24H40N2O4. The van der Waals surface area contributed by atoms with Crippen LogP contribution in [0.1, 0.15) is 52.0 Å². The molecule has 6 heteroatoms. The van der Waals surface area contributed by atoms with Gasteiger partial charge in [0.05, 0.1) is 12.2 Å². The Morgan fingerprint density at radius 2 is 1.63 bits per heavy atom. The molecule has 0 saturated carbocycles. The molecule has 0 bridgehead atoms. The second kappa shape index (κ2) is 12.9. The van der Waals surface area contributed by atoms with Gasteiger partial charge in [-0.25, -0.2) is 0 Å². The smallest absolute Gasteiger partial charge is 0.260 e. The van der Waals surface area contributed by atoms with Crippen LogP contribution >= 0.6 is 0 Å². The summed E-state index contributed by atoms with van der Waals surface area (Å²) >= 11 is 0. The van der Waals surface area contributed by atoms with Gasteiger partial charge < -0.3 is 25.2 Å². The van der Waals surface area contributed by atoms with Gasteiger partial charge in [0, 0.05) is 26.2 Å². The predicted molar refractivity (Wildman–Crippen MR) is 120 cm³/mol. The molecule has 0 spiro atoms. The minimum atomic E-state index is -0.479. The maximum atomic E-state index is 12.2. The topological polar surface area (TPSA) is 82.0 Å². The van der Waals surface area contributed by atoms with Gasteiger partial charge in [-0.05, 0) is 55.2 Å². The average molecular weight is 421 g/mol. The van der Waals surface area contributed by atoms with E-state index < -0.39 is 6.10 Å². The predicted octanol–water partition coefficient (Wildman–Crippen LogP) is 2.61. The van der Waals surface area contributed by atoms with Gasteiger partial charge in [0.1, 0.15) is 5.75 Å². The zero-order chi connectivity index (χ0) is 21.9. The lowest BCUT2D eigenvalue weighted by Crippen LogP contribution is -2.38. The lowest BCUT2D eigenvalue weighted by molar-refractivity contribution is -0.134. The summed E-state index contributed by atoms with van der Waals surface area (Å²) in [5.74, 6) is 1.09. The van der Waals surface area contributed by atoms with E-state index >= 15 is 0 Å². The summed E-state index contributed by atoms with van der Waals surface area (Å²) in [4.78, 5) is 14.1. The molecule has 4 atom stereocenters. The minimum absolute atomic E-state index is 0.0569. The molecule has 170 valence electrons. The van der Waals surface area contributed by atoms with E-state index in [2.05, 4.69) is 12.2 Å². The fourth-order valence-corrected chi connectivity index (χ4v) is 3.66. The van der Waals surface area contributed by atoms with Crippen LogP contribution in [0.3, 0.4) is 0 Å². The molecular weight excluding hydrogens is 380 g/mol. The Kier molecular flexibility index (Phi) is 10.6. The van der Waals surface area contributed by atoms with Crippen LogP contribution in [0.4, 0.5) is 0 Å².